The monoisotopic (exact) mass is 593 g/mol. The molecule has 0 aromatic heterocycles. The van der Waals surface area contributed by atoms with Crippen LogP contribution in [0, 0.1) is 5.41 Å². The molecule has 4 N–H and O–H groups in total. The fourth-order valence-corrected chi connectivity index (χ4v) is 6.96. The molecule has 4 rings (SSSR count). The van der Waals surface area contributed by atoms with Crippen LogP contribution in [0.25, 0.3) is 0 Å². The molecule has 5 atom stereocenters. The molecule has 13 nitrogen and oxygen atoms in total. The van der Waals surface area contributed by atoms with Crippen LogP contribution >= 0.6 is 11.8 Å². The number of urea groups is 1. The number of carbonyl (C=O) groups excluding carboxylic acids is 6. The molecule has 0 aromatic rings. The van der Waals surface area contributed by atoms with E-state index in [1.165, 1.54) is 0 Å². The zero-order valence-electron chi connectivity index (χ0n) is 23.3. The molecule has 14 heteroatoms. The maximum Gasteiger partial charge on any atom is 0.407 e. The normalized spacial score (nSPS) is 30.0. The van der Waals surface area contributed by atoms with Gasteiger partial charge in [0, 0.05) is 43.4 Å². The number of alkyl carbamates (subject to hydrolysis) is 1. The summed E-state index contributed by atoms with van der Waals surface area (Å²) in [4.78, 5) is 77.2. The molecule has 226 valence electrons. The van der Waals surface area contributed by atoms with Crippen molar-refractivity contribution in [2.24, 2.45) is 5.41 Å². The molecule has 5 unspecified atom stereocenters. The van der Waals surface area contributed by atoms with E-state index in [2.05, 4.69) is 21.3 Å². The van der Waals surface area contributed by atoms with Gasteiger partial charge < -0.3 is 30.8 Å². The van der Waals surface area contributed by atoms with Crippen LogP contribution in [0.3, 0.4) is 0 Å². The van der Waals surface area contributed by atoms with Crippen LogP contribution in [0.4, 0.5) is 9.59 Å². The van der Waals surface area contributed by atoms with Gasteiger partial charge in [0.2, 0.25) is 5.91 Å². The molecule has 0 aromatic carbocycles. The predicted octanol–water partition coefficient (Wildman–Crippen LogP) is 1.67. The standard InChI is InChI=1S/C27H39N5O8S/c1-27(24(36)40-32-21(34)10-11-22(32)35)12-4-6-17(7-5-13-27)39-26(38)29-15-14-28-20(33)9-3-2-8-19-23-18(16-41-19)30-25(37)31-23/h4,6,17-19,23H,2-3,5,7-16H2,1H3,(H,28,33)(H,29,38)(H2,30,31,37)/b6-4+. The van der Waals surface area contributed by atoms with E-state index in [4.69, 9.17) is 9.57 Å². The van der Waals surface area contributed by atoms with Crippen molar-refractivity contribution in [1.29, 1.82) is 0 Å². The Bertz CT molecular complexity index is 1050. The van der Waals surface area contributed by atoms with Gasteiger partial charge in [0.05, 0.1) is 17.5 Å². The van der Waals surface area contributed by atoms with Crippen molar-refractivity contribution in [3.8, 4) is 0 Å². The molecule has 0 radical (unpaired) electrons. The van der Waals surface area contributed by atoms with Crippen LogP contribution in [-0.2, 0) is 28.8 Å². The fourth-order valence-electron chi connectivity index (χ4n) is 5.41. The van der Waals surface area contributed by atoms with Gasteiger partial charge in [-0.3, -0.25) is 14.4 Å². The van der Waals surface area contributed by atoms with E-state index < -0.39 is 35.4 Å². The lowest BCUT2D eigenvalue weighted by Gasteiger charge is -2.29. The zero-order valence-corrected chi connectivity index (χ0v) is 24.1. The highest BCUT2D eigenvalue weighted by Gasteiger charge is 2.43. The minimum atomic E-state index is -0.908. The highest BCUT2D eigenvalue weighted by Crippen LogP contribution is 2.34. The zero-order chi connectivity index (χ0) is 29.4. The highest BCUT2D eigenvalue weighted by atomic mass is 32.2. The summed E-state index contributed by atoms with van der Waals surface area (Å²) in [6, 6.07) is 0.288. The summed E-state index contributed by atoms with van der Waals surface area (Å²) >= 11 is 1.86. The maximum absolute atomic E-state index is 12.7. The molecule has 1 aliphatic carbocycles. The second-order valence-electron chi connectivity index (χ2n) is 11.1. The van der Waals surface area contributed by atoms with Crippen molar-refractivity contribution >= 4 is 47.6 Å². The van der Waals surface area contributed by atoms with E-state index in [1.54, 1.807) is 19.1 Å². The van der Waals surface area contributed by atoms with E-state index >= 15 is 0 Å². The summed E-state index contributed by atoms with van der Waals surface area (Å²) in [5.74, 6) is -0.813. The molecule has 3 fully saturated rings. The van der Waals surface area contributed by atoms with Gasteiger partial charge in [-0.1, -0.05) is 12.5 Å². The largest absolute Gasteiger partial charge is 0.442 e. The summed E-state index contributed by atoms with van der Waals surface area (Å²) < 4.78 is 5.47. The Morgan fingerprint density at radius 1 is 1.10 bits per heavy atom. The fraction of sp³-hybridized carbons (Fsp3) is 0.704. The quantitative estimate of drug-likeness (QED) is 0.120. The number of fused-ring (bicyclic) bond motifs is 1. The lowest BCUT2D eigenvalue weighted by Crippen LogP contribution is -2.39. The Balaban J connectivity index is 1.06. The number of nitrogens with zero attached hydrogens (tertiary/aromatic N) is 1. The molecule has 4 aliphatic rings. The number of nitrogens with one attached hydrogen (secondary N) is 4. The first-order chi connectivity index (χ1) is 19.6. The molecule has 3 aliphatic heterocycles. The first kappa shape index (κ1) is 30.7. The average Bonchev–Trinajstić information content (AvgIpc) is 3.57. The van der Waals surface area contributed by atoms with Crippen molar-refractivity contribution in [2.75, 3.05) is 18.8 Å². The smallest absolute Gasteiger partial charge is 0.407 e. The lowest BCUT2D eigenvalue weighted by atomic mass is 9.80. The third kappa shape index (κ3) is 8.37. The van der Waals surface area contributed by atoms with Crippen molar-refractivity contribution in [2.45, 2.75) is 94.6 Å². The molecule has 0 spiro atoms. The van der Waals surface area contributed by atoms with E-state index in [1.807, 2.05) is 11.8 Å². The maximum atomic E-state index is 12.7. The molecule has 0 bridgehead atoms. The molecule has 6 amide bonds. The number of amides is 6. The minimum absolute atomic E-state index is 0.0403. The van der Waals surface area contributed by atoms with Crippen LogP contribution in [0.5, 0.6) is 0 Å². The number of hydrogen-bond acceptors (Lipinski definition) is 9. The molecule has 3 heterocycles. The van der Waals surface area contributed by atoms with Gasteiger partial charge in [-0.15, -0.1) is 5.06 Å². The van der Waals surface area contributed by atoms with Gasteiger partial charge in [0.25, 0.3) is 11.8 Å². The van der Waals surface area contributed by atoms with Crippen LogP contribution in [-0.4, -0.2) is 83.2 Å². The second-order valence-corrected chi connectivity index (χ2v) is 12.4. The number of allylic oxidation sites excluding steroid dienone is 1. The number of carbonyl (C=O) groups is 6. The summed E-state index contributed by atoms with van der Waals surface area (Å²) in [6.45, 7) is 2.24. The minimum Gasteiger partial charge on any atom is -0.442 e. The topological polar surface area (TPSA) is 172 Å². The lowest BCUT2D eigenvalue weighted by molar-refractivity contribution is -0.205. The molecule has 0 saturated carbocycles. The number of rotatable bonds is 11. The van der Waals surface area contributed by atoms with E-state index in [-0.39, 0.29) is 50.0 Å². The Morgan fingerprint density at radius 2 is 1.85 bits per heavy atom. The van der Waals surface area contributed by atoms with Crippen LogP contribution < -0.4 is 21.3 Å². The predicted molar refractivity (Wildman–Crippen MR) is 148 cm³/mol. The Labute approximate surface area is 243 Å². The third-order valence-corrected chi connectivity index (χ3v) is 9.37. The van der Waals surface area contributed by atoms with E-state index in [0.717, 1.165) is 25.0 Å². The SMILES string of the molecule is CC1(C(=O)ON2C(=O)CCC2=O)C/C=C/C(OC(=O)NCCNC(=O)CCCCC2SCC3NC(=O)NC32)CCC1. The highest BCUT2D eigenvalue weighted by molar-refractivity contribution is 8.00. The Kier molecular flexibility index (Phi) is 10.5. The van der Waals surface area contributed by atoms with Gasteiger partial charge in [0.15, 0.2) is 0 Å². The molecular weight excluding hydrogens is 554 g/mol. The first-order valence-electron chi connectivity index (χ1n) is 14.3. The number of thioether (sulfide) groups is 1. The first-order valence-corrected chi connectivity index (χ1v) is 15.3. The van der Waals surface area contributed by atoms with E-state index in [9.17, 15) is 28.8 Å². The van der Waals surface area contributed by atoms with Gasteiger partial charge in [-0.05, 0) is 51.5 Å². The molecule has 41 heavy (non-hydrogen) atoms. The Hall–Kier alpha value is -3.29. The van der Waals surface area contributed by atoms with Crippen LogP contribution in [0.1, 0.15) is 71.1 Å². The Morgan fingerprint density at radius 3 is 2.63 bits per heavy atom. The van der Waals surface area contributed by atoms with Crippen molar-refractivity contribution < 1.29 is 38.3 Å². The van der Waals surface area contributed by atoms with Crippen molar-refractivity contribution in [3.63, 3.8) is 0 Å². The van der Waals surface area contributed by atoms with Gasteiger partial charge >= 0.3 is 18.1 Å². The number of imide groups is 1. The van der Waals surface area contributed by atoms with Gasteiger partial charge in [0.1, 0.15) is 6.10 Å². The van der Waals surface area contributed by atoms with Crippen molar-refractivity contribution in [1.82, 2.24) is 26.3 Å². The number of hydroxylamine groups is 2. The summed E-state index contributed by atoms with van der Waals surface area (Å²) in [5.41, 5.74) is -0.908. The number of ether oxygens (including phenoxy) is 1. The summed E-state index contributed by atoms with van der Waals surface area (Å²) in [7, 11) is 0. The van der Waals surface area contributed by atoms with Gasteiger partial charge in [-0.2, -0.15) is 11.8 Å². The second kappa shape index (κ2) is 14.1. The van der Waals surface area contributed by atoms with Crippen molar-refractivity contribution in [3.05, 3.63) is 12.2 Å². The van der Waals surface area contributed by atoms with Crippen LogP contribution in [0.2, 0.25) is 0 Å². The van der Waals surface area contributed by atoms with Crippen LogP contribution in [0.15, 0.2) is 12.2 Å². The molecular formula is C27H39N5O8S. The third-order valence-electron chi connectivity index (χ3n) is 7.86. The summed E-state index contributed by atoms with van der Waals surface area (Å²) in [6.07, 6.45) is 7.33. The summed E-state index contributed by atoms with van der Waals surface area (Å²) in [5, 5.41) is 12.3. The van der Waals surface area contributed by atoms with E-state index in [0.29, 0.717) is 42.4 Å². The average molecular weight is 594 g/mol. The number of unbranched alkanes of at least 4 members (excludes halogenated alkanes) is 1. The number of hydrogen-bond donors (Lipinski definition) is 4. The molecule has 3 saturated heterocycles. The van der Waals surface area contributed by atoms with Gasteiger partial charge in [-0.25, -0.2) is 14.4 Å².